The third-order valence-electron chi connectivity index (χ3n) is 4.44. The summed E-state index contributed by atoms with van der Waals surface area (Å²) in [6.45, 7) is 10.2. The molecule has 5 heteroatoms. The second kappa shape index (κ2) is 7.20. The third kappa shape index (κ3) is 3.73. The van der Waals surface area contributed by atoms with E-state index in [1.165, 1.54) is 12.0 Å². The molecule has 0 aromatic carbocycles. The van der Waals surface area contributed by atoms with Crippen molar-refractivity contribution in [2.24, 2.45) is 0 Å². The van der Waals surface area contributed by atoms with Crippen LogP contribution in [0.1, 0.15) is 18.9 Å². The molecule has 0 saturated carbocycles. The number of nitrogens with one attached hydrogen (secondary N) is 1. The van der Waals surface area contributed by atoms with Crippen LogP contribution < -0.4 is 10.2 Å². The van der Waals surface area contributed by atoms with E-state index in [-0.39, 0.29) is 0 Å². The van der Waals surface area contributed by atoms with E-state index < -0.39 is 0 Å². The van der Waals surface area contributed by atoms with E-state index in [0.717, 1.165) is 58.3 Å². The van der Waals surface area contributed by atoms with Crippen LogP contribution in [-0.4, -0.2) is 61.9 Å². The first-order chi connectivity index (χ1) is 10.4. The molecule has 0 spiro atoms. The first-order valence-electron chi connectivity index (χ1n) is 8.09. The Morgan fingerprint density at radius 2 is 2.19 bits per heavy atom. The summed E-state index contributed by atoms with van der Waals surface area (Å²) in [5.41, 5.74) is 1.32. The first-order valence-corrected chi connectivity index (χ1v) is 8.09. The van der Waals surface area contributed by atoms with Crippen molar-refractivity contribution in [2.75, 3.05) is 50.8 Å². The van der Waals surface area contributed by atoms with Gasteiger partial charge in [0.1, 0.15) is 5.82 Å². The maximum atomic E-state index is 5.45. The molecule has 0 amide bonds. The van der Waals surface area contributed by atoms with Gasteiger partial charge in [0.25, 0.3) is 0 Å². The Morgan fingerprint density at radius 1 is 1.33 bits per heavy atom. The van der Waals surface area contributed by atoms with Crippen molar-refractivity contribution in [1.29, 1.82) is 0 Å². The highest BCUT2D eigenvalue weighted by molar-refractivity contribution is 5.42. The summed E-state index contributed by atoms with van der Waals surface area (Å²) in [7, 11) is 0. The van der Waals surface area contributed by atoms with Crippen LogP contribution >= 0.6 is 0 Å². The van der Waals surface area contributed by atoms with Crippen molar-refractivity contribution in [3.63, 3.8) is 0 Å². The van der Waals surface area contributed by atoms with Crippen LogP contribution in [0, 0.1) is 0 Å². The van der Waals surface area contributed by atoms with E-state index in [9.17, 15) is 0 Å². The first kappa shape index (κ1) is 14.8. The number of ether oxygens (including phenoxy) is 1. The molecule has 5 nitrogen and oxygen atoms in total. The van der Waals surface area contributed by atoms with Gasteiger partial charge in [-0.1, -0.05) is 6.92 Å². The summed E-state index contributed by atoms with van der Waals surface area (Å²) in [4.78, 5) is 9.57. The van der Waals surface area contributed by atoms with Crippen molar-refractivity contribution >= 4 is 5.82 Å². The van der Waals surface area contributed by atoms with Gasteiger partial charge in [0.05, 0.1) is 13.2 Å². The molecule has 1 aromatic heterocycles. The van der Waals surface area contributed by atoms with Gasteiger partial charge in [-0.25, -0.2) is 4.98 Å². The van der Waals surface area contributed by atoms with Gasteiger partial charge in [0, 0.05) is 45.0 Å². The monoisotopic (exact) mass is 290 g/mol. The predicted molar refractivity (Wildman–Crippen MR) is 84.6 cm³/mol. The van der Waals surface area contributed by atoms with Gasteiger partial charge in [-0.15, -0.1) is 0 Å². The SMILES string of the molecule is CCNCc1ccnc(N2CCC(N3CCOCC3)C2)c1. The van der Waals surface area contributed by atoms with Crippen LogP contribution in [0.3, 0.4) is 0 Å². The molecule has 1 atom stereocenters. The minimum Gasteiger partial charge on any atom is -0.379 e. The lowest BCUT2D eigenvalue weighted by Crippen LogP contribution is -2.44. The molecule has 0 radical (unpaired) electrons. The smallest absolute Gasteiger partial charge is 0.128 e. The van der Waals surface area contributed by atoms with E-state index in [2.05, 4.69) is 39.2 Å². The Morgan fingerprint density at radius 3 is 3.00 bits per heavy atom. The standard InChI is InChI=1S/C16H26N4O/c1-2-17-12-14-3-5-18-16(11-14)20-6-4-15(13-20)19-7-9-21-10-8-19/h3,5,11,15,17H,2,4,6-10,12-13H2,1H3. The number of pyridine rings is 1. The number of rotatable bonds is 5. The molecule has 3 rings (SSSR count). The van der Waals surface area contributed by atoms with Crippen molar-refractivity contribution in [3.05, 3.63) is 23.9 Å². The molecule has 1 aromatic rings. The minimum absolute atomic E-state index is 0.660. The maximum Gasteiger partial charge on any atom is 0.128 e. The number of nitrogens with zero attached hydrogens (tertiary/aromatic N) is 3. The Bertz CT molecular complexity index is 448. The second-order valence-corrected chi connectivity index (χ2v) is 5.84. The quantitative estimate of drug-likeness (QED) is 0.879. The zero-order valence-electron chi connectivity index (χ0n) is 12.9. The van der Waals surface area contributed by atoms with Crippen LogP contribution in [0.15, 0.2) is 18.3 Å². The summed E-state index contributed by atoms with van der Waals surface area (Å²) in [5, 5.41) is 3.37. The maximum absolute atomic E-state index is 5.45. The largest absolute Gasteiger partial charge is 0.379 e. The molecule has 2 aliphatic rings. The normalized spacial score (nSPS) is 23.7. The summed E-state index contributed by atoms with van der Waals surface area (Å²) >= 11 is 0. The average molecular weight is 290 g/mol. The topological polar surface area (TPSA) is 40.6 Å². The number of anilines is 1. The van der Waals surface area contributed by atoms with Crippen molar-refractivity contribution < 1.29 is 4.74 Å². The Hall–Kier alpha value is -1.17. The lowest BCUT2D eigenvalue weighted by Gasteiger charge is -2.32. The van der Waals surface area contributed by atoms with Gasteiger partial charge in [-0.05, 0) is 30.7 Å². The average Bonchev–Trinajstić information content (AvgIpc) is 3.04. The minimum atomic E-state index is 0.660. The van der Waals surface area contributed by atoms with Crippen molar-refractivity contribution in [3.8, 4) is 0 Å². The molecular formula is C16H26N4O. The van der Waals surface area contributed by atoms with Gasteiger partial charge in [0.15, 0.2) is 0 Å². The fourth-order valence-electron chi connectivity index (χ4n) is 3.20. The zero-order chi connectivity index (χ0) is 14.5. The number of aromatic nitrogens is 1. The molecule has 0 aliphatic carbocycles. The molecular weight excluding hydrogens is 264 g/mol. The zero-order valence-corrected chi connectivity index (χ0v) is 12.9. The molecule has 2 saturated heterocycles. The van der Waals surface area contributed by atoms with Gasteiger partial charge < -0.3 is 15.0 Å². The summed E-state index contributed by atoms with van der Waals surface area (Å²) < 4.78 is 5.45. The van der Waals surface area contributed by atoms with Gasteiger partial charge in [-0.2, -0.15) is 0 Å². The van der Waals surface area contributed by atoms with E-state index in [1.54, 1.807) is 0 Å². The Balaban J connectivity index is 1.60. The van der Waals surface area contributed by atoms with Gasteiger partial charge >= 0.3 is 0 Å². The van der Waals surface area contributed by atoms with Crippen molar-refractivity contribution in [2.45, 2.75) is 25.9 Å². The fourth-order valence-corrected chi connectivity index (χ4v) is 3.20. The molecule has 3 heterocycles. The summed E-state index contributed by atoms with van der Waals surface area (Å²) in [5.74, 6) is 1.13. The van der Waals surface area contributed by atoms with Crippen LogP contribution in [0.5, 0.6) is 0 Å². The van der Waals surface area contributed by atoms with E-state index in [0.29, 0.717) is 6.04 Å². The summed E-state index contributed by atoms with van der Waals surface area (Å²) in [6.07, 6.45) is 3.17. The third-order valence-corrected chi connectivity index (χ3v) is 4.44. The van der Waals surface area contributed by atoms with Crippen molar-refractivity contribution in [1.82, 2.24) is 15.2 Å². The van der Waals surface area contributed by atoms with Crippen LogP contribution in [0.2, 0.25) is 0 Å². The van der Waals surface area contributed by atoms with Gasteiger partial charge in [0.2, 0.25) is 0 Å². The molecule has 2 fully saturated rings. The van der Waals surface area contributed by atoms with Crippen LogP contribution in [0.4, 0.5) is 5.82 Å². The Kier molecular flexibility index (Phi) is 5.06. The van der Waals surface area contributed by atoms with E-state index >= 15 is 0 Å². The number of hydrogen-bond acceptors (Lipinski definition) is 5. The highest BCUT2D eigenvalue weighted by Gasteiger charge is 2.29. The number of morpholine rings is 1. The molecule has 21 heavy (non-hydrogen) atoms. The van der Waals surface area contributed by atoms with E-state index in [4.69, 9.17) is 4.74 Å². The number of hydrogen-bond donors (Lipinski definition) is 1. The Labute approximate surface area is 127 Å². The lowest BCUT2D eigenvalue weighted by molar-refractivity contribution is 0.0209. The highest BCUT2D eigenvalue weighted by Crippen LogP contribution is 2.22. The predicted octanol–water partition coefficient (Wildman–Crippen LogP) is 1.10. The lowest BCUT2D eigenvalue weighted by atomic mass is 10.2. The molecule has 1 unspecified atom stereocenters. The second-order valence-electron chi connectivity index (χ2n) is 5.84. The molecule has 116 valence electrons. The van der Waals surface area contributed by atoms with E-state index in [1.807, 2.05) is 6.20 Å². The molecule has 2 aliphatic heterocycles. The highest BCUT2D eigenvalue weighted by atomic mass is 16.5. The summed E-state index contributed by atoms with van der Waals surface area (Å²) in [6, 6.07) is 4.99. The van der Waals surface area contributed by atoms with Crippen LogP contribution in [-0.2, 0) is 11.3 Å². The fraction of sp³-hybridized carbons (Fsp3) is 0.688. The molecule has 0 bridgehead atoms. The van der Waals surface area contributed by atoms with Crippen LogP contribution in [0.25, 0.3) is 0 Å². The van der Waals surface area contributed by atoms with Gasteiger partial charge in [-0.3, -0.25) is 4.90 Å². The molecule has 1 N–H and O–H groups in total.